The van der Waals surface area contributed by atoms with Crippen molar-refractivity contribution in [1.29, 1.82) is 0 Å². The van der Waals surface area contributed by atoms with Crippen LogP contribution in [0.15, 0.2) is 41.9 Å². The highest BCUT2D eigenvalue weighted by molar-refractivity contribution is 7.09. The minimum Gasteiger partial charge on any atom is -0.329 e. The smallest absolute Gasteiger partial charge is 0.101 e. The molecule has 0 fully saturated rings. The highest BCUT2D eigenvalue weighted by Gasteiger charge is 2.13. The van der Waals surface area contributed by atoms with Crippen molar-refractivity contribution in [2.24, 2.45) is 5.73 Å². The summed E-state index contributed by atoms with van der Waals surface area (Å²) in [5.41, 5.74) is 7.00. The van der Waals surface area contributed by atoms with E-state index in [2.05, 4.69) is 17.1 Å². The first-order valence-electron chi connectivity index (χ1n) is 4.56. The Balaban J connectivity index is 2.31. The molecule has 0 amide bonds. The van der Waals surface area contributed by atoms with Crippen molar-refractivity contribution in [2.45, 2.75) is 5.92 Å². The van der Waals surface area contributed by atoms with Gasteiger partial charge in [0.25, 0.3) is 0 Å². The predicted octanol–water partition coefficient (Wildman–Crippen LogP) is 2.23. The molecule has 0 radical (unpaired) electrons. The van der Waals surface area contributed by atoms with E-state index in [-0.39, 0.29) is 5.92 Å². The minimum atomic E-state index is 0.246. The number of benzene rings is 1. The molecule has 1 aromatic heterocycles. The molecule has 2 rings (SSSR count). The van der Waals surface area contributed by atoms with E-state index in [9.17, 15) is 0 Å². The quantitative estimate of drug-likeness (QED) is 0.832. The Bertz CT molecular complexity index is 369. The Hall–Kier alpha value is -1.19. The van der Waals surface area contributed by atoms with Crippen molar-refractivity contribution >= 4 is 11.3 Å². The second-order valence-corrected chi connectivity index (χ2v) is 4.00. The normalized spacial score (nSPS) is 12.6. The third-order valence-electron chi connectivity index (χ3n) is 2.19. The molecule has 1 heterocycles. The van der Waals surface area contributed by atoms with Crippen molar-refractivity contribution in [1.82, 2.24) is 4.98 Å². The van der Waals surface area contributed by atoms with Gasteiger partial charge in [-0.25, -0.2) is 4.98 Å². The van der Waals surface area contributed by atoms with E-state index in [1.165, 1.54) is 5.56 Å². The van der Waals surface area contributed by atoms with Gasteiger partial charge in [0.05, 0.1) is 0 Å². The van der Waals surface area contributed by atoms with E-state index >= 15 is 0 Å². The molecule has 0 spiro atoms. The van der Waals surface area contributed by atoms with Crippen LogP contribution >= 0.6 is 11.3 Å². The van der Waals surface area contributed by atoms with Gasteiger partial charge in [0.15, 0.2) is 0 Å². The zero-order chi connectivity index (χ0) is 9.80. The van der Waals surface area contributed by atoms with Gasteiger partial charge >= 0.3 is 0 Å². The third-order valence-corrected chi connectivity index (χ3v) is 3.08. The number of nitrogens with two attached hydrogens (primary N) is 1. The van der Waals surface area contributed by atoms with Gasteiger partial charge < -0.3 is 5.73 Å². The lowest BCUT2D eigenvalue weighted by molar-refractivity contribution is 0.809. The molecule has 0 unspecified atom stereocenters. The number of nitrogens with zero attached hydrogens (tertiary/aromatic N) is 1. The summed E-state index contributed by atoms with van der Waals surface area (Å²) in [6.45, 7) is 0.609. The fourth-order valence-corrected chi connectivity index (χ4v) is 2.25. The molecule has 0 saturated heterocycles. The largest absolute Gasteiger partial charge is 0.329 e. The van der Waals surface area contributed by atoms with Crippen LogP contribution in [0.3, 0.4) is 0 Å². The van der Waals surface area contributed by atoms with Crippen LogP contribution in [0.1, 0.15) is 16.5 Å². The van der Waals surface area contributed by atoms with E-state index in [4.69, 9.17) is 5.73 Å². The Morgan fingerprint density at radius 2 is 2.07 bits per heavy atom. The van der Waals surface area contributed by atoms with Gasteiger partial charge in [-0.2, -0.15) is 0 Å². The highest BCUT2D eigenvalue weighted by atomic mass is 32.1. The molecule has 1 atom stereocenters. The van der Waals surface area contributed by atoms with Gasteiger partial charge in [0.1, 0.15) is 5.01 Å². The van der Waals surface area contributed by atoms with Gasteiger partial charge in [0, 0.05) is 24.0 Å². The van der Waals surface area contributed by atoms with Gasteiger partial charge in [-0.1, -0.05) is 30.3 Å². The summed E-state index contributed by atoms with van der Waals surface area (Å²) in [5, 5.41) is 3.08. The van der Waals surface area contributed by atoms with Crippen LogP contribution in [0.4, 0.5) is 0 Å². The van der Waals surface area contributed by atoms with E-state index in [1.807, 2.05) is 29.8 Å². The van der Waals surface area contributed by atoms with Crippen LogP contribution in [-0.2, 0) is 0 Å². The molecule has 0 saturated carbocycles. The van der Waals surface area contributed by atoms with Crippen LogP contribution in [0.5, 0.6) is 0 Å². The summed E-state index contributed by atoms with van der Waals surface area (Å²) in [6, 6.07) is 10.3. The molecule has 0 bridgehead atoms. The summed E-state index contributed by atoms with van der Waals surface area (Å²) >= 11 is 1.66. The SMILES string of the molecule is NC[C@H](c1ccccc1)c1nccs1. The maximum atomic E-state index is 5.76. The summed E-state index contributed by atoms with van der Waals surface area (Å²) in [7, 11) is 0. The first kappa shape index (κ1) is 9.37. The van der Waals surface area contributed by atoms with Crippen molar-refractivity contribution < 1.29 is 0 Å². The van der Waals surface area contributed by atoms with E-state index in [0.717, 1.165) is 5.01 Å². The topological polar surface area (TPSA) is 38.9 Å². The van der Waals surface area contributed by atoms with Crippen LogP contribution in [-0.4, -0.2) is 11.5 Å². The van der Waals surface area contributed by atoms with Gasteiger partial charge in [-0.3, -0.25) is 0 Å². The molecular formula is C11H12N2S. The van der Waals surface area contributed by atoms with Gasteiger partial charge in [0.2, 0.25) is 0 Å². The maximum absolute atomic E-state index is 5.76. The van der Waals surface area contributed by atoms with Crippen molar-refractivity contribution in [2.75, 3.05) is 6.54 Å². The zero-order valence-corrected chi connectivity index (χ0v) is 8.58. The molecule has 0 aliphatic carbocycles. The van der Waals surface area contributed by atoms with E-state index in [0.29, 0.717) is 6.54 Å². The van der Waals surface area contributed by atoms with Crippen LogP contribution in [0.2, 0.25) is 0 Å². The van der Waals surface area contributed by atoms with Crippen LogP contribution in [0, 0.1) is 0 Å². The Morgan fingerprint density at radius 1 is 1.29 bits per heavy atom. The minimum absolute atomic E-state index is 0.246. The first-order valence-corrected chi connectivity index (χ1v) is 5.44. The predicted molar refractivity (Wildman–Crippen MR) is 59.5 cm³/mol. The summed E-state index contributed by atoms with van der Waals surface area (Å²) in [5.74, 6) is 0.246. The zero-order valence-electron chi connectivity index (χ0n) is 7.76. The molecule has 72 valence electrons. The second kappa shape index (κ2) is 4.35. The van der Waals surface area contributed by atoms with Crippen LogP contribution in [0.25, 0.3) is 0 Å². The third kappa shape index (κ3) is 1.84. The van der Waals surface area contributed by atoms with Gasteiger partial charge in [-0.15, -0.1) is 11.3 Å². The van der Waals surface area contributed by atoms with E-state index < -0.39 is 0 Å². The average Bonchev–Trinajstić information content (AvgIpc) is 2.74. The second-order valence-electron chi connectivity index (χ2n) is 3.07. The first-order chi connectivity index (χ1) is 6.92. The van der Waals surface area contributed by atoms with Crippen LogP contribution < -0.4 is 5.73 Å². The molecule has 2 nitrogen and oxygen atoms in total. The molecular weight excluding hydrogens is 192 g/mol. The molecule has 14 heavy (non-hydrogen) atoms. The maximum Gasteiger partial charge on any atom is 0.101 e. The molecule has 0 aliphatic rings. The Morgan fingerprint density at radius 3 is 2.64 bits per heavy atom. The fraction of sp³-hybridized carbons (Fsp3) is 0.182. The number of rotatable bonds is 3. The average molecular weight is 204 g/mol. The van der Waals surface area contributed by atoms with Crippen molar-refractivity contribution in [3.8, 4) is 0 Å². The number of thiazole rings is 1. The Kier molecular flexibility index (Phi) is 2.91. The molecule has 3 heteroatoms. The summed E-state index contributed by atoms with van der Waals surface area (Å²) in [4.78, 5) is 4.30. The summed E-state index contributed by atoms with van der Waals surface area (Å²) in [6.07, 6.45) is 1.82. The monoisotopic (exact) mass is 204 g/mol. The summed E-state index contributed by atoms with van der Waals surface area (Å²) < 4.78 is 0. The lowest BCUT2D eigenvalue weighted by Gasteiger charge is -2.11. The standard InChI is InChI=1S/C11H12N2S/c12-8-10(11-13-6-7-14-11)9-4-2-1-3-5-9/h1-7,10H,8,12H2/t10-/m1/s1. The van der Waals surface area contributed by atoms with E-state index in [1.54, 1.807) is 11.3 Å². The fourth-order valence-electron chi connectivity index (χ4n) is 1.47. The Labute approximate surface area is 87.4 Å². The molecule has 0 aliphatic heterocycles. The lowest BCUT2D eigenvalue weighted by atomic mass is 10.0. The highest BCUT2D eigenvalue weighted by Crippen LogP contribution is 2.24. The van der Waals surface area contributed by atoms with Crippen molar-refractivity contribution in [3.05, 3.63) is 52.5 Å². The molecule has 2 N–H and O–H groups in total. The van der Waals surface area contributed by atoms with Gasteiger partial charge in [-0.05, 0) is 5.56 Å². The molecule has 2 aromatic rings. The number of hydrogen-bond acceptors (Lipinski definition) is 3. The number of aromatic nitrogens is 1. The van der Waals surface area contributed by atoms with Crippen molar-refractivity contribution in [3.63, 3.8) is 0 Å². The molecule has 1 aromatic carbocycles. The number of hydrogen-bond donors (Lipinski definition) is 1. The lowest BCUT2D eigenvalue weighted by Crippen LogP contribution is -2.13.